The summed E-state index contributed by atoms with van der Waals surface area (Å²) in [7, 11) is 0. The molecule has 0 aliphatic carbocycles. The summed E-state index contributed by atoms with van der Waals surface area (Å²) in [6.07, 6.45) is 2.08. The molecule has 0 unspecified atom stereocenters. The number of rotatable bonds is 3. The number of halogens is 3. The number of benzene rings is 1. The van der Waals surface area contributed by atoms with E-state index >= 15 is 0 Å². The fraction of sp³-hybridized carbons (Fsp3) is 0. The van der Waals surface area contributed by atoms with Crippen molar-refractivity contribution < 1.29 is 23.1 Å². The molecule has 5 nitrogen and oxygen atoms in total. The number of hydrogen-bond donors (Lipinski definition) is 2. The van der Waals surface area contributed by atoms with E-state index in [1.807, 2.05) is 0 Å². The van der Waals surface area contributed by atoms with Gasteiger partial charge < -0.3 is 10.4 Å². The molecule has 2 N–H and O–H groups in total. The summed E-state index contributed by atoms with van der Waals surface area (Å²) in [4.78, 5) is 18.0. The van der Waals surface area contributed by atoms with Crippen molar-refractivity contribution in [3.8, 4) is 0 Å². The molecule has 0 spiro atoms. The highest BCUT2D eigenvalue weighted by molar-refractivity contribution is 5.93. The summed E-state index contributed by atoms with van der Waals surface area (Å²) in [5.41, 5.74) is -0.453. The van der Waals surface area contributed by atoms with Crippen LogP contribution in [0.1, 0.15) is 10.4 Å². The molecule has 2 rings (SSSR count). The number of anilines is 2. The Balaban J connectivity index is 2.39. The van der Waals surface area contributed by atoms with Gasteiger partial charge in [-0.3, -0.25) is 0 Å². The Labute approximate surface area is 104 Å². The van der Waals surface area contributed by atoms with Crippen molar-refractivity contribution in [2.75, 3.05) is 5.32 Å². The van der Waals surface area contributed by atoms with Gasteiger partial charge in [-0.1, -0.05) is 0 Å². The van der Waals surface area contributed by atoms with Crippen LogP contribution in [0.2, 0.25) is 0 Å². The second kappa shape index (κ2) is 4.92. The lowest BCUT2D eigenvalue weighted by Gasteiger charge is -2.08. The highest BCUT2D eigenvalue weighted by Gasteiger charge is 2.14. The molecule has 0 atom stereocenters. The van der Waals surface area contributed by atoms with E-state index < -0.39 is 23.4 Å². The Kier molecular flexibility index (Phi) is 3.32. The highest BCUT2D eigenvalue weighted by Crippen LogP contribution is 2.22. The van der Waals surface area contributed by atoms with Gasteiger partial charge in [0.25, 0.3) is 0 Å². The van der Waals surface area contributed by atoms with Gasteiger partial charge in [0.2, 0.25) is 0 Å². The first-order valence-electron chi connectivity index (χ1n) is 4.94. The van der Waals surface area contributed by atoms with Gasteiger partial charge in [-0.2, -0.15) is 0 Å². The molecule has 0 fully saturated rings. The lowest BCUT2D eigenvalue weighted by atomic mass is 10.2. The van der Waals surface area contributed by atoms with Crippen LogP contribution < -0.4 is 5.32 Å². The van der Waals surface area contributed by atoms with E-state index in [9.17, 15) is 18.0 Å². The molecule has 1 aromatic heterocycles. The standard InChI is InChI=1S/C11H6F3N3O2/c12-7-1-5(2-8(13)9(7)14)17-10-6(11(18)19)3-15-4-16-10/h1-4H,(H,18,19)(H,15,16,17). The number of hydrogen-bond acceptors (Lipinski definition) is 4. The summed E-state index contributed by atoms with van der Waals surface area (Å²) in [5.74, 6) is -5.87. The van der Waals surface area contributed by atoms with Crippen molar-refractivity contribution in [1.29, 1.82) is 0 Å². The maximum atomic E-state index is 13.0. The molecule has 0 aliphatic rings. The van der Waals surface area contributed by atoms with Crippen molar-refractivity contribution in [3.05, 3.63) is 47.7 Å². The lowest BCUT2D eigenvalue weighted by Crippen LogP contribution is -2.06. The number of nitrogens with one attached hydrogen (secondary N) is 1. The van der Waals surface area contributed by atoms with Gasteiger partial charge in [0.05, 0.1) is 0 Å². The molecule has 8 heteroatoms. The second-order valence-electron chi connectivity index (χ2n) is 3.47. The molecular weight excluding hydrogens is 263 g/mol. The summed E-state index contributed by atoms with van der Waals surface area (Å²) in [6.45, 7) is 0. The van der Waals surface area contributed by atoms with Crippen LogP contribution in [-0.2, 0) is 0 Å². The van der Waals surface area contributed by atoms with Crippen LogP contribution in [0.15, 0.2) is 24.7 Å². The second-order valence-corrected chi connectivity index (χ2v) is 3.47. The van der Waals surface area contributed by atoms with Gasteiger partial charge in [-0.25, -0.2) is 27.9 Å². The minimum absolute atomic E-state index is 0.159. The number of nitrogens with zero attached hydrogens (tertiary/aromatic N) is 2. The number of carboxylic acid groups (broad SMARTS) is 1. The third-order valence-electron chi connectivity index (χ3n) is 2.19. The van der Waals surface area contributed by atoms with E-state index in [1.165, 1.54) is 0 Å². The average molecular weight is 269 g/mol. The zero-order valence-electron chi connectivity index (χ0n) is 9.19. The Morgan fingerprint density at radius 3 is 2.42 bits per heavy atom. The maximum absolute atomic E-state index is 13.0. The van der Waals surface area contributed by atoms with Crippen LogP contribution in [0.4, 0.5) is 24.7 Å². The summed E-state index contributed by atoms with van der Waals surface area (Å²) < 4.78 is 38.8. The summed E-state index contributed by atoms with van der Waals surface area (Å²) in [5, 5.41) is 11.3. The number of carboxylic acids is 1. The molecule has 0 aliphatic heterocycles. The summed E-state index contributed by atoms with van der Waals surface area (Å²) in [6, 6.07) is 1.37. The molecule has 19 heavy (non-hydrogen) atoms. The molecule has 0 saturated heterocycles. The normalized spacial score (nSPS) is 10.3. The first kappa shape index (κ1) is 12.8. The zero-order chi connectivity index (χ0) is 14.0. The van der Waals surface area contributed by atoms with E-state index in [0.29, 0.717) is 12.1 Å². The van der Waals surface area contributed by atoms with Gasteiger partial charge in [-0.05, 0) is 0 Å². The Hall–Kier alpha value is -2.64. The van der Waals surface area contributed by atoms with Gasteiger partial charge in [0, 0.05) is 24.0 Å². The quantitative estimate of drug-likeness (QED) is 0.836. The summed E-state index contributed by atoms with van der Waals surface area (Å²) >= 11 is 0. The highest BCUT2D eigenvalue weighted by atomic mass is 19.2. The number of aromatic carboxylic acids is 1. The van der Waals surface area contributed by atoms with E-state index in [0.717, 1.165) is 12.5 Å². The third kappa shape index (κ3) is 2.62. The topological polar surface area (TPSA) is 75.1 Å². The van der Waals surface area contributed by atoms with Crippen molar-refractivity contribution in [1.82, 2.24) is 9.97 Å². The minimum atomic E-state index is -1.60. The smallest absolute Gasteiger partial charge is 0.341 e. The van der Waals surface area contributed by atoms with Crippen LogP contribution in [0.3, 0.4) is 0 Å². The fourth-order valence-electron chi connectivity index (χ4n) is 1.35. The Bertz CT molecular complexity index is 626. The Morgan fingerprint density at radius 1 is 1.21 bits per heavy atom. The van der Waals surface area contributed by atoms with Gasteiger partial charge in [-0.15, -0.1) is 0 Å². The maximum Gasteiger partial charge on any atom is 0.341 e. The largest absolute Gasteiger partial charge is 0.477 e. The monoisotopic (exact) mass is 269 g/mol. The first-order chi connectivity index (χ1) is 8.99. The lowest BCUT2D eigenvalue weighted by molar-refractivity contribution is 0.0697. The predicted molar refractivity (Wildman–Crippen MR) is 58.6 cm³/mol. The molecule has 0 radical (unpaired) electrons. The third-order valence-corrected chi connectivity index (χ3v) is 2.19. The van der Waals surface area contributed by atoms with Crippen LogP contribution in [0.25, 0.3) is 0 Å². The average Bonchev–Trinajstić information content (AvgIpc) is 2.36. The van der Waals surface area contributed by atoms with Crippen molar-refractivity contribution in [2.24, 2.45) is 0 Å². The van der Waals surface area contributed by atoms with E-state index in [1.54, 1.807) is 0 Å². The van der Waals surface area contributed by atoms with Gasteiger partial charge in [0.15, 0.2) is 17.5 Å². The SMILES string of the molecule is O=C(O)c1cncnc1Nc1cc(F)c(F)c(F)c1. The molecule has 0 bridgehead atoms. The number of carbonyl (C=O) groups is 1. The molecule has 0 saturated carbocycles. The zero-order valence-corrected chi connectivity index (χ0v) is 9.19. The van der Waals surface area contributed by atoms with E-state index in [-0.39, 0.29) is 17.1 Å². The molecular formula is C11H6F3N3O2. The van der Waals surface area contributed by atoms with E-state index in [4.69, 9.17) is 5.11 Å². The van der Waals surface area contributed by atoms with Crippen LogP contribution in [-0.4, -0.2) is 21.0 Å². The Morgan fingerprint density at radius 2 is 1.84 bits per heavy atom. The minimum Gasteiger partial charge on any atom is -0.477 e. The van der Waals surface area contributed by atoms with Crippen molar-refractivity contribution >= 4 is 17.5 Å². The molecule has 0 amide bonds. The molecule has 1 heterocycles. The van der Waals surface area contributed by atoms with E-state index in [2.05, 4.69) is 15.3 Å². The fourth-order valence-corrected chi connectivity index (χ4v) is 1.35. The predicted octanol–water partition coefficient (Wildman–Crippen LogP) is 2.34. The van der Waals surface area contributed by atoms with Gasteiger partial charge in [0.1, 0.15) is 17.7 Å². The van der Waals surface area contributed by atoms with Crippen LogP contribution in [0, 0.1) is 17.5 Å². The number of aromatic nitrogens is 2. The van der Waals surface area contributed by atoms with Crippen molar-refractivity contribution in [2.45, 2.75) is 0 Å². The van der Waals surface area contributed by atoms with Crippen LogP contribution in [0.5, 0.6) is 0 Å². The molecule has 1 aromatic carbocycles. The van der Waals surface area contributed by atoms with Crippen LogP contribution >= 0.6 is 0 Å². The van der Waals surface area contributed by atoms with Crippen molar-refractivity contribution in [3.63, 3.8) is 0 Å². The first-order valence-corrected chi connectivity index (χ1v) is 4.94. The molecule has 98 valence electrons. The molecule has 2 aromatic rings. The van der Waals surface area contributed by atoms with Gasteiger partial charge >= 0.3 is 5.97 Å².